The van der Waals surface area contributed by atoms with Gasteiger partial charge in [0.05, 0.1) is 42.5 Å². The second-order valence-corrected chi connectivity index (χ2v) is 17.9. The average Bonchev–Trinajstić information content (AvgIpc) is 4.18. The number of hydrogen-bond donors (Lipinski definition) is 1. The first kappa shape index (κ1) is 49.7. The number of carboxylic acids is 1. The van der Waals surface area contributed by atoms with E-state index in [1.54, 1.807) is 36.4 Å². The number of aryl methyl sites for hydroxylation is 2. The molecule has 0 bridgehead atoms. The fourth-order valence-corrected chi connectivity index (χ4v) is 9.35. The molecule has 0 spiro atoms. The molecule has 0 amide bonds. The van der Waals surface area contributed by atoms with Crippen molar-refractivity contribution in [3.8, 4) is 32.4 Å². The van der Waals surface area contributed by atoms with Crippen LogP contribution in [0, 0.1) is 13.8 Å². The van der Waals surface area contributed by atoms with Crippen LogP contribution < -0.4 is 9.47 Å². The van der Waals surface area contributed by atoms with E-state index in [1.807, 2.05) is 50.2 Å². The van der Waals surface area contributed by atoms with Gasteiger partial charge < -0.3 is 28.4 Å². The predicted octanol–water partition coefficient (Wildman–Crippen LogP) is 13.9. The molecule has 0 aliphatic rings. The van der Waals surface area contributed by atoms with E-state index < -0.39 is 35.4 Å². The summed E-state index contributed by atoms with van der Waals surface area (Å²) in [5, 5.41) is 17.1. The maximum atomic E-state index is 12.8. The van der Waals surface area contributed by atoms with Crippen molar-refractivity contribution in [2.24, 2.45) is 0 Å². The third-order valence-electron chi connectivity index (χ3n) is 10.9. The topological polar surface area (TPSA) is 134 Å². The Balaban J connectivity index is 0.000000204. The Kier molecular flexibility index (Phi) is 15.7. The molecule has 8 aromatic rings. The van der Waals surface area contributed by atoms with Gasteiger partial charge in [-0.25, -0.2) is 0 Å². The van der Waals surface area contributed by atoms with Crippen molar-refractivity contribution in [1.82, 2.24) is 10.3 Å². The fourth-order valence-electron chi connectivity index (χ4n) is 7.16. The van der Waals surface area contributed by atoms with Gasteiger partial charge in [-0.15, -0.1) is 22.7 Å². The quantitative estimate of drug-likeness (QED) is 0.0736. The maximum Gasteiger partial charge on any atom is 0.416 e. The molecular formula is C51H42F6N2O8S2. The van der Waals surface area contributed by atoms with Crippen molar-refractivity contribution in [1.29, 1.82) is 0 Å². The first-order valence-electron chi connectivity index (χ1n) is 21.0. The lowest BCUT2D eigenvalue weighted by molar-refractivity contribution is -0.141. The Hall–Kier alpha value is -7.18. The number of nitrogens with zero attached hydrogens (tertiary/aromatic N) is 2. The van der Waals surface area contributed by atoms with E-state index in [0.29, 0.717) is 41.7 Å². The Morgan fingerprint density at radius 2 is 0.986 bits per heavy atom. The third-order valence-corrected chi connectivity index (χ3v) is 13.5. The molecule has 0 saturated carbocycles. The summed E-state index contributed by atoms with van der Waals surface area (Å²) in [5.41, 5.74) is 4.92. The van der Waals surface area contributed by atoms with Gasteiger partial charge in [-0.05, 0) is 108 Å². The van der Waals surface area contributed by atoms with Crippen LogP contribution in [0.2, 0.25) is 0 Å². The van der Waals surface area contributed by atoms with Crippen LogP contribution >= 0.6 is 22.7 Å². The number of esters is 1. The van der Waals surface area contributed by atoms with E-state index in [9.17, 15) is 41.0 Å². The summed E-state index contributed by atoms with van der Waals surface area (Å²) in [6.45, 7) is 4.51. The van der Waals surface area contributed by atoms with Gasteiger partial charge in [0.2, 0.25) is 0 Å². The lowest BCUT2D eigenvalue weighted by atomic mass is 9.92. The second-order valence-electron chi connectivity index (χ2n) is 15.6. The first-order chi connectivity index (χ1) is 32.9. The summed E-state index contributed by atoms with van der Waals surface area (Å²) in [4.78, 5) is 26.8. The number of halogens is 6. The fraction of sp³-hybridized carbons (Fsp3) is 0.216. The van der Waals surface area contributed by atoms with Gasteiger partial charge in [-0.1, -0.05) is 58.8 Å². The van der Waals surface area contributed by atoms with Crippen LogP contribution in [0.1, 0.15) is 79.2 Å². The molecule has 18 heteroatoms. The number of carbonyl (C=O) groups excluding carboxylic acids is 1. The highest BCUT2D eigenvalue weighted by Crippen LogP contribution is 2.38. The van der Waals surface area contributed by atoms with Crippen LogP contribution in [0.5, 0.6) is 11.5 Å². The molecule has 358 valence electrons. The summed E-state index contributed by atoms with van der Waals surface area (Å²) in [5.74, 6) is -0.769. The van der Waals surface area contributed by atoms with E-state index in [1.165, 1.54) is 66.6 Å². The average molecular weight is 989 g/mol. The van der Waals surface area contributed by atoms with Crippen LogP contribution in [0.3, 0.4) is 0 Å². The smallest absolute Gasteiger partial charge is 0.416 e. The molecule has 0 fully saturated rings. The minimum atomic E-state index is -4.36. The van der Waals surface area contributed by atoms with Gasteiger partial charge >= 0.3 is 24.3 Å². The van der Waals surface area contributed by atoms with Crippen molar-refractivity contribution in [3.05, 3.63) is 188 Å². The highest BCUT2D eigenvalue weighted by atomic mass is 32.1. The van der Waals surface area contributed by atoms with Crippen molar-refractivity contribution in [2.45, 2.75) is 64.1 Å². The van der Waals surface area contributed by atoms with Crippen LogP contribution in [-0.2, 0) is 39.9 Å². The third kappa shape index (κ3) is 13.1. The molecular weight excluding hydrogens is 947 g/mol. The van der Waals surface area contributed by atoms with E-state index in [-0.39, 0.29) is 24.7 Å². The van der Waals surface area contributed by atoms with Crippen LogP contribution in [0.4, 0.5) is 26.3 Å². The number of carboxylic acid groups (broad SMARTS) is 1. The molecule has 0 aliphatic carbocycles. The number of aliphatic carboxylic acids is 1. The molecule has 1 N–H and O–H groups in total. The molecule has 2 atom stereocenters. The first-order valence-corrected chi connectivity index (χ1v) is 22.7. The van der Waals surface area contributed by atoms with Crippen molar-refractivity contribution in [3.63, 3.8) is 0 Å². The number of benzene rings is 4. The number of ether oxygens (including phenoxy) is 3. The highest BCUT2D eigenvalue weighted by molar-refractivity contribution is 7.16. The Labute approximate surface area is 399 Å². The molecule has 69 heavy (non-hydrogen) atoms. The minimum Gasteiger partial charge on any atom is -0.488 e. The minimum absolute atomic E-state index is 0.117. The second kappa shape index (κ2) is 21.8. The summed E-state index contributed by atoms with van der Waals surface area (Å²) < 4.78 is 103. The molecule has 4 aromatic heterocycles. The van der Waals surface area contributed by atoms with E-state index >= 15 is 0 Å². The highest BCUT2D eigenvalue weighted by Gasteiger charge is 2.31. The molecule has 0 aliphatic heterocycles. The number of alkyl halides is 6. The Bertz CT molecular complexity index is 2910. The Morgan fingerprint density at radius 1 is 0.594 bits per heavy atom. The van der Waals surface area contributed by atoms with Crippen LogP contribution in [0.15, 0.2) is 143 Å². The lowest BCUT2D eigenvalue weighted by Gasteiger charge is -2.14. The number of thiophene rings is 2. The number of rotatable bonds is 16. The van der Waals surface area contributed by atoms with E-state index in [4.69, 9.17) is 23.3 Å². The molecule has 0 radical (unpaired) electrons. The molecule has 4 aromatic carbocycles. The van der Waals surface area contributed by atoms with Crippen molar-refractivity contribution >= 4 is 34.6 Å². The molecule has 8 rings (SSSR count). The predicted molar refractivity (Wildman–Crippen MR) is 246 cm³/mol. The standard InChI is InChI=1S/C26H22F3NO4S.C25H20F3NO4S/c1-16-13-23(18-3-7-19(8-4-18)26(27,28)29)35-24(16)15-33-20-9-5-17(6-10-20)21(14-25(31)32-2)22-11-12-34-30-22;1-15-12-22(17-2-6-18(7-3-17)25(26,27)28)34-23(15)14-32-19-8-4-16(5-9-19)20(13-24(30)31)21-10-11-33-29-21/h3-13,21H,14-15H2,1-2H3;2-12,20H,13-14H2,1H3,(H,30,31)/t21-;20-/m00/s1. The van der Waals surface area contributed by atoms with Crippen LogP contribution in [0.25, 0.3) is 20.9 Å². The Morgan fingerprint density at radius 3 is 1.32 bits per heavy atom. The number of carbonyl (C=O) groups is 2. The summed E-state index contributed by atoms with van der Waals surface area (Å²) in [7, 11) is 1.34. The summed E-state index contributed by atoms with van der Waals surface area (Å²) >= 11 is 2.95. The molecule has 4 heterocycles. The van der Waals surface area contributed by atoms with Gasteiger partial charge in [0.25, 0.3) is 0 Å². The van der Waals surface area contributed by atoms with Gasteiger partial charge in [0.1, 0.15) is 37.2 Å². The van der Waals surface area contributed by atoms with E-state index in [2.05, 4.69) is 10.3 Å². The van der Waals surface area contributed by atoms with Gasteiger partial charge in [0, 0.05) is 43.5 Å². The van der Waals surface area contributed by atoms with Crippen molar-refractivity contribution in [2.75, 3.05) is 7.11 Å². The number of aromatic nitrogens is 2. The maximum absolute atomic E-state index is 12.8. The monoisotopic (exact) mass is 988 g/mol. The molecule has 0 unspecified atom stereocenters. The number of methoxy groups -OCH3 is 1. The number of hydrogen-bond acceptors (Lipinski definition) is 11. The lowest BCUT2D eigenvalue weighted by Crippen LogP contribution is -2.10. The zero-order valence-electron chi connectivity index (χ0n) is 37.0. The normalized spacial score (nSPS) is 12.4. The van der Waals surface area contributed by atoms with E-state index in [0.717, 1.165) is 71.6 Å². The molecule has 0 saturated heterocycles. The summed E-state index contributed by atoms with van der Waals surface area (Å²) in [6, 6.07) is 32.0. The zero-order valence-corrected chi connectivity index (χ0v) is 38.6. The summed E-state index contributed by atoms with van der Waals surface area (Å²) in [6.07, 6.45) is -5.84. The molecule has 10 nitrogen and oxygen atoms in total. The SMILES string of the molecule is COC(=O)C[C@@H](c1ccc(OCc2sc(-c3ccc(C(F)(F)F)cc3)cc2C)cc1)c1ccon1.Cc1cc(-c2ccc(C(F)(F)F)cc2)sc1COc1ccc([C@H](CC(=O)O)c2ccon2)cc1. The zero-order chi connectivity index (χ0) is 49.3. The van der Waals surface area contributed by atoms with Crippen LogP contribution in [-0.4, -0.2) is 34.5 Å². The van der Waals surface area contributed by atoms with Gasteiger partial charge in [-0.2, -0.15) is 26.3 Å². The largest absolute Gasteiger partial charge is 0.488 e. The van der Waals surface area contributed by atoms with Gasteiger partial charge in [-0.3, -0.25) is 9.59 Å². The van der Waals surface area contributed by atoms with Crippen molar-refractivity contribution < 1.29 is 64.3 Å². The van der Waals surface area contributed by atoms with Gasteiger partial charge in [0.15, 0.2) is 0 Å².